The molecule has 0 aliphatic rings. The summed E-state index contributed by atoms with van der Waals surface area (Å²) in [7, 11) is 0. The molecule has 78 valence electrons. The molecular weight excluding hydrogens is 190 g/mol. The Labute approximate surface area is 88.9 Å². The molecule has 0 aliphatic heterocycles. The van der Waals surface area contributed by atoms with Crippen molar-refractivity contribution >= 4 is 5.91 Å². The van der Waals surface area contributed by atoms with Crippen molar-refractivity contribution in [1.82, 2.24) is 10.3 Å². The van der Waals surface area contributed by atoms with Crippen LogP contribution in [0.4, 0.5) is 0 Å². The van der Waals surface area contributed by atoms with Gasteiger partial charge in [-0.3, -0.25) is 4.79 Å². The van der Waals surface area contributed by atoms with Crippen LogP contribution in [0.2, 0.25) is 0 Å². The van der Waals surface area contributed by atoms with Gasteiger partial charge in [-0.15, -0.1) is 0 Å². The van der Waals surface area contributed by atoms with Gasteiger partial charge in [0.25, 0.3) is 5.91 Å². The number of rotatable bonds is 4. The van der Waals surface area contributed by atoms with Crippen molar-refractivity contribution in [3.8, 4) is 6.07 Å². The molecule has 0 unspecified atom stereocenters. The zero-order valence-corrected chi connectivity index (χ0v) is 8.66. The second-order valence-electron chi connectivity index (χ2n) is 3.15. The quantitative estimate of drug-likeness (QED) is 0.754. The van der Waals surface area contributed by atoms with Crippen LogP contribution in [0.1, 0.15) is 35.8 Å². The fourth-order valence-electron chi connectivity index (χ4n) is 1.06. The highest BCUT2D eigenvalue weighted by atomic mass is 16.1. The molecule has 0 bridgehead atoms. The van der Waals surface area contributed by atoms with Gasteiger partial charge in [0.05, 0.1) is 5.56 Å². The SMILES string of the molecule is CCCCNC(=O)c1ccc(C#N)cn1. The Balaban J connectivity index is 2.55. The highest BCUT2D eigenvalue weighted by Crippen LogP contribution is 1.98. The molecule has 1 rings (SSSR count). The second-order valence-corrected chi connectivity index (χ2v) is 3.15. The molecular formula is C11H13N3O. The van der Waals surface area contributed by atoms with Crippen LogP contribution in [-0.2, 0) is 0 Å². The van der Waals surface area contributed by atoms with E-state index in [0.717, 1.165) is 12.8 Å². The van der Waals surface area contributed by atoms with Crippen LogP contribution in [0.3, 0.4) is 0 Å². The van der Waals surface area contributed by atoms with Gasteiger partial charge in [0.15, 0.2) is 0 Å². The smallest absolute Gasteiger partial charge is 0.269 e. The van der Waals surface area contributed by atoms with Crippen molar-refractivity contribution in [1.29, 1.82) is 5.26 Å². The van der Waals surface area contributed by atoms with Crippen molar-refractivity contribution in [3.05, 3.63) is 29.6 Å². The molecule has 1 heterocycles. The molecule has 0 spiro atoms. The molecule has 4 nitrogen and oxygen atoms in total. The lowest BCUT2D eigenvalue weighted by Crippen LogP contribution is -2.25. The van der Waals surface area contributed by atoms with Crippen LogP contribution in [-0.4, -0.2) is 17.4 Å². The number of carbonyl (C=O) groups excluding carboxylic acids is 1. The maximum atomic E-state index is 11.5. The standard InChI is InChI=1S/C11H13N3O/c1-2-3-6-13-11(15)10-5-4-9(7-12)8-14-10/h4-5,8H,2-3,6H2,1H3,(H,13,15). The summed E-state index contributed by atoms with van der Waals surface area (Å²) in [6, 6.07) is 5.09. The van der Waals surface area contributed by atoms with Crippen molar-refractivity contribution in [2.45, 2.75) is 19.8 Å². The van der Waals surface area contributed by atoms with E-state index in [1.807, 2.05) is 6.07 Å². The Hall–Kier alpha value is -1.89. The van der Waals surface area contributed by atoms with Crippen LogP contribution < -0.4 is 5.32 Å². The number of unbranched alkanes of at least 4 members (excludes halogenated alkanes) is 1. The highest BCUT2D eigenvalue weighted by Gasteiger charge is 2.05. The lowest BCUT2D eigenvalue weighted by molar-refractivity contribution is 0.0948. The molecule has 0 aliphatic carbocycles. The van der Waals surface area contributed by atoms with Gasteiger partial charge >= 0.3 is 0 Å². The van der Waals surface area contributed by atoms with Gasteiger partial charge in [-0.2, -0.15) is 5.26 Å². The first kappa shape index (κ1) is 11.2. The minimum Gasteiger partial charge on any atom is -0.351 e. The van der Waals surface area contributed by atoms with Gasteiger partial charge in [0, 0.05) is 12.7 Å². The topological polar surface area (TPSA) is 65.8 Å². The Morgan fingerprint density at radius 1 is 1.60 bits per heavy atom. The van der Waals surface area contributed by atoms with Crippen molar-refractivity contribution < 1.29 is 4.79 Å². The van der Waals surface area contributed by atoms with E-state index in [4.69, 9.17) is 5.26 Å². The van der Waals surface area contributed by atoms with E-state index in [0.29, 0.717) is 17.8 Å². The summed E-state index contributed by atoms with van der Waals surface area (Å²) in [5.41, 5.74) is 0.810. The highest BCUT2D eigenvalue weighted by molar-refractivity contribution is 5.92. The minimum atomic E-state index is -0.187. The van der Waals surface area contributed by atoms with E-state index in [9.17, 15) is 4.79 Å². The normalized spacial score (nSPS) is 9.33. The molecule has 1 N–H and O–H groups in total. The maximum Gasteiger partial charge on any atom is 0.269 e. The van der Waals surface area contributed by atoms with E-state index in [1.54, 1.807) is 12.1 Å². The summed E-state index contributed by atoms with van der Waals surface area (Å²) in [5.74, 6) is -0.187. The van der Waals surface area contributed by atoms with E-state index in [2.05, 4.69) is 17.2 Å². The monoisotopic (exact) mass is 203 g/mol. The number of nitrogens with zero attached hydrogens (tertiary/aromatic N) is 2. The van der Waals surface area contributed by atoms with E-state index >= 15 is 0 Å². The third-order valence-corrected chi connectivity index (χ3v) is 1.94. The Kier molecular flexibility index (Phi) is 4.30. The fraction of sp³-hybridized carbons (Fsp3) is 0.364. The molecule has 1 aromatic rings. The Bertz CT molecular complexity index is 364. The molecule has 0 saturated carbocycles. The zero-order chi connectivity index (χ0) is 11.1. The van der Waals surface area contributed by atoms with Gasteiger partial charge < -0.3 is 5.32 Å². The van der Waals surface area contributed by atoms with Gasteiger partial charge in [-0.25, -0.2) is 4.98 Å². The Morgan fingerprint density at radius 2 is 2.40 bits per heavy atom. The second kappa shape index (κ2) is 5.76. The predicted octanol–water partition coefficient (Wildman–Crippen LogP) is 1.48. The number of nitriles is 1. The first-order chi connectivity index (χ1) is 7.27. The third-order valence-electron chi connectivity index (χ3n) is 1.94. The van der Waals surface area contributed by atoms with Crippen LogP contribution in [0.25, 0.3) is 0 Å². The molecule has 0 saturated heterocycles. The molecule has 0 fully saturated rings. The van der Waals surface area contributed by atoms with Crippen LogP contribution in [0.5, 0.6) is 0 Å². The van der Waals surface area contributed by atoms with Crippen LogP contribution in [0.15, 0.2) is 18.3 Å². The predicted molar refractivity (Wildman–Crippen MR) is 56.2 cm³/mol. The van der Waals surface area contributed by atoms with Gasteiger partial charge in [-0.05, 0) is 18.6 Å². The number of aromatic nitrogens is 1. The summed E-state index contributed by atoms with van der Waals surface area (Å²) < 4.78 is 0. The van der Waals surface area contributed by atoms with Gasteiger partial charge in [0.1, 0.15) is 11.8 Å². The zero-order valence-electron chi connectivity index (χ0n) is 8.66. The molecule has 1 aromatic heterocycles. The van der Waals surface area contributed by atoms with E-state index in [-0.39, 0.29) is 5.91 Å². The fourth-order valence-corrected chi connectivity index (χ4v) is 1.06. The number of pyridine rings is 1. The van der Waals surface area contributed by atoms with Crippen molar-refractivity contribution in [2.24, 2.45) is 0 Å². The summed E-state index contributed by atoms with van der Waals surface area (Å²) in [5, 5.41) is 11.3. The number of nitrogens with one attached hydrogen (secondary N) is 1. The number of hydrogen-bond acceptors (Lipinski definition) is 3. The lowest BCUT2D eigenvalue weighted by atomic mass is 10.2. The minimum absolute atomic E-state index is 0.187. The number of hydrogen-bond donors (Lipinski definition) is 1. The summed E-state index contributed by atoms with van der Waals surface area (Å²) in [4.78, 5) is 15.4. The Morgan fingerprint density at radius 3 is 2.93 bits per heavy atom. The largest absolute Gasteiger partial charge is 0.351 e. The first-order valence-electron chi connectivity index (χ1n) is 4.92. The van der Waals surface area contributed by atoms with Crippen LogP contribution in [0, 0.1) is 11.3 Å². The van der Waals surface area contributed by atoms with E-state index in [1.165, 1.54) is 6.20 Å². The molecule has 0 aromatic carbocycles. The van der Waals surface area contributed by atoms with Gasteiger partial charge in [0.2, 0.25) is 0 Å². The van der Waals surface area contributed by atoms with Crippen LogP contribution >= 0.6 is 0 Å². The summed E-state index contributed by atoms with van der Waals surface area (Å²) >= 11 is 0. The maximum absolute atomic E-state index is 11.5. The van der Waals surface area contributed by atoms with E-state index < -0.39 is 0 Å². The van der Waals surface area contributed by atoms with Gasteiger partial charge in [-0.1, -0.05) is 13.3 Å². The molecule has 1 amide bonds. The van der Waals surface area contributed by atoms with Crippen molar-refractivity contribution in [3.63, 3.8) is 0 Å². The summed E-state index contributed by atoms with van der Waals surface area (Å²) in [6.07, 6.45) is 3.40. The summed E-state index contributed by atoms with van der Waals surface area (Å²) in [6.45, 7) is 2.73. The first-order valence-corrected chi connectivity index (χ1v) is 4.92. The molecule has 0 radical (unpaired) electrons. The number of amides is 1. The average Bonchev–Trinajstić information content (AvgIpc) is 2.29. The lowest BCUT2D eigenvalue weighted by Gasteiger charge is -2.02. The van der Waals surface area contributed by atoms with Crippen molar-refractivity contribution in [2.75, 3.05) is 6.54 Å². The molecule has 15 heavy (non-hydrogen) atoms. The molecule has 0 atom stereocenters. The third kappa shape index (κ3) is 3.39. The average molecular weight is 203 g/mol. The number of carbonyl (C=O) groups is 1. The molecule has 4 heteroatoms.